The van der Waals surface area contributed by atoms with Gasteiger partial charge in [0.2, 0.25) is 5.91 Å². The molecular formula is C19H29N3O6. The minimum Gasteiger partial charge on any atom is -0.462 e. The number of carbonyl (C=O) groups excluding carboxylic acids is 3. The van der Waals surface area contributed by atoms with Gasteiger partial charge in [0.25, 0.3) is 0 Å². The largest absolute Gasteiger partial charge is 0.462 e. The number of hydrogen-bond donors (Lipinski definition) is 2. The minimum absolute atomic E-state index is 0.0152. The number of ether oxygens (including phenoxy) is 3. The monoisotopic (exact) mass is 395 g/mol. The second-order valence-electron chi connectivity index (χ2n) is 7.45. The summed E-state index contributed by atoms with van der Waals surface area (Å²) in [5.74, 6) is -1.79. The lowest BCUT2D eigenvalue weighted by Gasteiger charge is -2.30. The van der Waals surface area contributed by atoms with Crippen molar-refractivity contribution in [2.24, 2.45) is 23.3 Å². The average molecular weight is 395 g/mol. The Balaban J connectivity index is 2.13. The highest BCUT2D eigenvalue weighted by atomic mass is 16.6. The van der Waals surface area contributed by atoms with Crippen LogP contribution in [-0.2, 0) is 28.6 Å². The molecule has 0 bridgehead atoms. The highest BCUT2D eigenvalue weighted by molar-refractivity contribution is 5.92. The maximum atomic E-state index is 12.0. The summed E-state index contributed by atoms with van der Waals surface area (Å²) in [4.78, 5) is 36.8. The van der Waals surface area contributed by atoms with Crippen molar-refractivity contribution in [3.63, 3.8) is 0 Å². The van der Waals surface area contributed by atoms with Crippen LogP contribution in [0.25, 0.3) is 0 Å². The summed E-state index contributed by atoms with van der Waals surface area (Å²) >= 11 is 0. The van der Waals surface area contributed by atoms with E-state index in [-0.39, 0.29) is 18.4 Å². The van der Waals surface area contributed by atoms with Gasteiger partial charge in [0.05, 0.1) is 0 Å². The molecule has 0 spiro atoms. The van der Waals surface area contributed by atoms with Crippen LogP contribution in [0.4, 0.5) is 0 Å². The van der Waals surface area contributed by atoms with Gasteiger partial charge in [-0.2, -0.15) is 0 Å². The quantitative estimate of drug-likeness (QED) is 0.591. The van der Waals surface area contributed by atoms with Crippen LogP contribution in [0.3, 0.4) is 0 Å². The smallest absolute Gasteiger partial charge is 0.323 e. The van der Waals surface area contributed by atoms with Crippen LogP contribution in [0.1, 0.15) is 34.1 Å². The lowest BCUT2D eigenvalue weighted by atomic mass is 10.00. The van der Waals surface area contributed by atoms with Crippen molar-refractivity contribution in [2.75, 3.05) is 6.61 Å². The Hall–Kier alpha value is -2.39. The molecule has 0 aromatic carbocycles. The zero-order valence-corrected chi connectivity index (χ0v) is 16.7. The number of hydrogen-bond acceptors (Lipinski definition) is 8. The standard InChI is InChI=1S/C19H29N3O6/c1-10(2)15(20)19(25)26-9-14-11(3)16(27-12(4)23)18(28-14)22-7-5-6-13(8-22)17(21)24/h5,7-8,10-11,14-16,18H,6,9,20H2,1-4H3,(H2,21,24)/t11-,14-,15+,16?,18-/m1/s1. The summed E-state index contributed by atoms with van der Waals surface area (Å²) in [5, 5.41) is 0. The van der Waals surface area contributed by atoms with E-state index in [9.17, 15) is 14.4 Å². The van der Waals surface area contributed by atoms with Gasteiger partial charge in [-0.3, -0.25) is 14.4 Å². The van der Waals surface area contributed by atoms with Crippen LogP contribution in [-0.4, -0.2) is 53.8 Å². The Bertz CT molecular complexity index is 675. The van der Waals surface area contributed by atoms with Gasteiger partial charge in [0.1, 0.15) is 18.8 Å². The molecule has 2 heterocycles. The van der Waals surface area contributed by atoms with Crippen LogP contribution >= 0.6 is 0 Å². The number of rotatable bonds is 7. The third-order valence-corrected chi connectivity index (χ3v) is 4.91. The normalized spacial score (nSPS) is 28.1. The van der Waals surface area contributed by atoms with Crippen molar-refractivity contribution in [1.29, 1.82) is 0 Å². The number of allylic oxidation sites excluding steroid dienone is 1. The number of primary amides is 1. The molecule has 2 aliphatic rings. The van der Waals surface area contributed by atoms with Gasteiger partial charge in [-0.05, 0) is 12.3 Å². The molecule has 9 nitrogen and oxygen atoms in total. The summed E-state index contributed by atoms with van der Waals surface area (Å²) < 4.78 is 16.8. The van der Waals surface area contributed by atoms with E-state index in [4.69, 9.17) is 25.7 Å². The molecule has 1 amide bonds. The summed E-state index contributed by atoms with van der Waals surface area (Å²) in [6.07, 6.45) is 3.72. The second kappa shape index (κ2) is 9.20. The number of esters is 2. The average Bonchev–Trinajstić information content (AvgIpc) is 2.94. The van der Waals surface area contributed by atoms with Crippen LogP contribution < -0.4 is 11.5 Å². The molecule has 0 aromatic rings. The summed E-state index contributed by atoms with van der Waals surface area (Å²) in [7, 11) is 0. The maximum Gasteiger partial charge on any atom is 0.323 e. The molecular weight excluding hydrogens is 366 g/mol. The first-order valence-electron chi connectivity index (χ1n) is 9.31. The first-order chi connectivity index (χ1) is 13.1. The topological polar surface area (TPSA) is 134 Å². The summed E-state index contributed by atoms with van der Waals surface area (Å²) in [5.41, 5.74) is 11.6. The van der Waals surface area contributed by atoms with Gasteiger partial charge in [-0.15, -0.1) is 0 Å². The first kappa shape index (κ1) is 21.9. The first-order valence-corrected chi connectivity index (χ1v) is 9.31. The van der Waals surface area contributed by atoms with Crippen LogP contribution in [0.15, 0.2) is 24.0 Å². The molecule has 0 saturated carbocycles. The third kappa shape index (κ3) is 5.11. The number of carbonyl (C=O) groups is 3. The Kier molecular flexibility index (Phi) is 7.20. The molecule has 0 aromatic heterocycles. The highest BCUT2D eigenvalue weighted by Gasteiger charge is 2.47. The van der Waals surface area contributed by atoms with E-state index in [1.807, 2.05) is 20.8 Å². The second-order valence-corrected chi connectivity index (χ2v) is 7.45. The number of nitrogens with zero attached hydrogens (tertiary/aromatic N) is 1. The van der Waals surface area contributed by atoms with Crippen molar-refractivity contribution in [3.8, 4) is 0 Å². The van der Waals surface area contributed by atoms with Gasteiger partial charge >= 0.3 is 11.9 Å². The van der Waals surface area contributed by atoms with Crippen molar-refractivity contribution in [3.05, 3.63) is 24.0 Å². The molecule has 2 rings (SSSR count). The lowest BCUT2D eigenvalue weighted by molar-refractivity contribution is -0.155. The predicted molar refractivity (Wildman–Crippen MR) is 100 cm³/mol. The van der Waals surface area contributed by atoms with Gasteiger partial charge in [0, 0.05) is 30.8 Å². The molecule has 9 heteroatoms. The molecule has 0 radical (unpaired) electrons. The SMILES string of the molecule is CC(=O)OC1[C@H](N2C=CCC(C(N)=O)=C2)O[C@H](COC(=O)[C@@H](N)C(C)C)[C@H]1C. The maximum absolute atomic E-state index is 12.0. The Morgan fingerprint density at radius 1 is 1.36 bits per heavy atom. The van der Waals surface area contributed by atoms with Crippen LogP contribution in [0.5, 0.6) is 0 Å². The van der Waals surface area contributed by atoms with Crippen molar-refractivity contribution in [2.45, 2.75) is 58.6 Å². The lowest BCUT2D eigenvalue weighted by Crippen LogP contribution is -2.40. The van der Waals surface area contributed by atoms with Crippen LogP contribution in [0.2, 0.25) is 0 Å². The number of nitrogens with two attached hydrogens (primary N) is 2. The van der Waals surface area contributed by atoms with Gasteiger partial charge < -0.3 is 30.6 Å². The molecule has 1 unspecified atom stereocenters. The van der Waals surface area contributed by atoms with Crippen molar-refractivity contribution < 1.29 is 28.6 Å². The third-order valence-electron chi connectivity index (χ3n) is 4.91. The van der Waals surface area contributed by atoms with Gasteiger partial charge in [-0.1, -0.05) is 26.8 Å². The Labute approximate surface area is 164 Å². The van der Waals surface area contributed by atoms with E-state index in [0.717, 1.165) is 0 Å². The van der Waals surface area contributed by atoms with E-state index >= 15 is 0 Å². The van der Waals surface area contributed by atoms with E-state index in [0.29, 0.717) is 12.0 Å². The van der Waals surface area contributed by atoms with Crippen LogP contribution in [0, 0.1) is 11.8 Å². The molecule has 28 heavy (non-hydrogen) atoms. The molecule has 1 saturated heterocycles. The fraction of sp³-hybridized carbons (Fsp3) is 0.632. The fourth-order valence-corrected chi connectivity index (χ4v) is 3.07. The zero-order chi connectivity index (χ0) is 21.0. The zero-order valence-electron chi connectivity index (χ0n) is 16.7. The molecule has 0 aliphatic carbocycles. The fourth-order valence-electron chi connectivity index (χ4n) is 3.07. The molecule has 2 aliphatic heterocycles. The van der Waals surface area contributed by atoms with E-state index in [2.05, 4.69) is 0 Å². The molecule has 1 fully saturated rings. The number of amides is 1. The summed E-state index contributed by atoms with van der Waals surface area (Å²) in [6.45, 7) is 6.81. The molecule has 5 atom stereocenters. The summed E-state index contributed by atoms with van der Waals surface area (Å²) in [6, 6.07) is -0.720. The minimum atomic E-state index is -0.720. The molecule has 4 N–H and O–H groups in total. The Morgan fingerprint density at radius 3 is 2.61 bits per heavy atom. The van der Waals surface area contributed by atoms with Crippen molar-refractivity contribution in [1.82, 2.24) is 4.90 Å². The van der Waals surface area contributed by atoms with E-state index in [1.165, 1.54) is 6.92 Å². The predicted octanol–water partition coefficient (Wildman–Crippen LogP) is 0.394. The highest BCUT2D eigenvalue weighted by Crippen LogP contribution is 2.33. The van der Waals surface area contributed by atoms with Crippen molar-refractivity contribution >= 4 is 17.8 Å². The molecule has 156 valence electrons. The van der Waals surface area contributed by atoms with Gasteiger partial charge in [-0.25, -0.2) is 0 Å². The Morgan fingerprint density at radius 2 is 2.04 bits per heavy atom. The van der Waals surface area contributed by atoms with E-state index in [1.54, 1.807) is 23.4 Å². The van der Waals surface area contributed by atoms with Gasteiger partial charge in [0.15, 0.2) is 12.3 Å². The van der Waals surface area contributed by atoms with E-state index < -0.39 is 42.3 Å².